The molecule has 1 N–H and O–H groups in total. The van der Waals surface area contributed by atoms with Crippen molar-refractivity contribution in [1.82, 2.24) is 4.90 Å². The van der Waals surface area contributed by atoms with Crippen molar-refractivity contribution in [2.24, 2.45) is 11.8 Å². The molecular weight excluding hydrogens is 508 g/mol. The van der Waals surface area contributed by atoms with Crippen molar-refractivity contribution in [3.63, 3.8) is 0 Å². The standard InChI is InChI=1S/C20H22Br2N2O5/c1-10-4-3-5-16(11(10)2)23-17(25)9-29-18(26)8-24-19(27)12-6-14(21)15(22)7-13(12)20(24)28/h3-5,12-15H,6-9H2,1-2H3,(H,23,25)/t12-,13-,14-,15+/m1/s1. The number of rotatable bonds is 5. The summed E-state index contributed by atoms with van der Waals surface area (Å²) < 4.78 is 4.98. The molecule has 1 aromatic rings. The number of aryl methyl sites for hydroxylation is 1. The van der Waals surface area contributed by atoms with Gasteiger partial charge < -0.3 is 10.1 Å². The number of nitrogens with one attached hydrogen (secondary N) is 1. The number of carbonyl (C=O) groups is 4. The van der Waals surface area contributed by atoms with Gasteiger partial charge in [0.1, 0.15) is 6.54 Å². The molecule has 0 spiro atoms. The van der Waals surface area contributed by atoms with Crippen LogP contribution in [0.4, 0.5) is 5.69 Å². The van der Waals surface area contributed by atoms with Crippen LogP contribution in [-0.2, 0) is 23.9 Å². The van der Waals surface area contributed by atoms with Gasteiger partial charge in [-0.25, -0.2) is 0 Å². The molecule has 9 heteroatoms. The van der Waals surface area contributed by atoms with Crippen LogP contribution in [0.3, 0.4) is 0 Å². The molecule has 3 amide bonds. The number of hydrogen-bond acceptors (Lipinski definition) is 5. The molecule has 1 heterocycles. The Bertz CT molecular complexity index is 831. The maximum atomic E-state index is 12.6. The second kappa shape index (κ2) is 8.95. The molecule has 1 aliphatic carbocycles. The van der Waals surface area contributed by atoms with Gasteiger partial charge in [0, 0.05) is 15.3 Å². The highest BCUT2D eigenvalue weighted by Gasteiger charge is 2.52. The maximum absolute atomic E-state index is 12.6. The number of fused-ring (bicyclic) bond motifs is 1. The molecule has 4 atom stereocenters. The highest BCUT2D eigenvalue weighted by atomic mass is 79.9. The van der Waals surface area contributed by atoms with Crippen molar-refractivity contribution in [2.45, 2.75) is 36.3 Å². The van der Waals surface area contributed by atoms with E-state index >= 15 is 0 Å². The van der Waals surface area contributed by atoms with E-state index < -0.39 is 36.9 Å². The predicted octanol–water partition coefficient (Wildman–Crippen LogP) is 2.71. The van der Waals surface area contributed by atoms with E-state index in [0.29, 0.717) is 18.5 Å². The summed E-state index contributed by atoms with van der Waals surface area (Å²) in [6, 6.07) is 5.52. The number of halogens is 2. The number of alkyl halides is 2. The summed E-state index contributed by atoms with van der Waals surface area (Å²) in [5, 5.41) is 2.69. The molecule has 1 saturated heterocycles. The molecule has 0 aromatic heterocycles. The van der Waals surface area contributed by atoms with Gasteiger partial charge in [-0.3, -0.25) is 24.1 Å². The largest absolute Gasteiger partial charge is 0.454 e. The molecule has 3 rings (SSSR count). The average molecular weight is 530 g/mol. The summed E-state index contributed by atoms with van der Waals surface area (Å²) >= 11 is 7.04. The minimum atomic E-state index is -0.785. The molecule has 1 aliphatic heterocycles. The Morgan fingerprint density at radius 2 is 1.69 bits per heavy atom. The van der Waals surface area contributed by atoms with Gasteiger partial charge >= 0.3 is 5.97 Å². The van der Waals surface area contributed by atoms with E-state index in [1.165, 1.54) is 0 Å². The molecule has 29 heavy (non-hydrogen) atoms. The number of ether oxygens (including phenoxy) is 1. The van der Waals surface area contributed by atoms with E-state index in [4.69, 9.17) is 4.74 Å². The number of amides is 3. The summed E-state index contributed by atoms with van der Waals surface area (Å²) in [7, 11) is 0. The molecule has 156 valence electrons. The lowest BCUT2D eigenvalue weighted by Crippen LogP contribution is -2.37. The zero-order chi connectivity index (χ0) is 21.3. The Balaban J connectivity index is 1.53. The first-order chi connectivity index (χ1) is 13.7. The quantitative estimate of drug-likeness (QED) is 0.359. The summed E-state index contributed by atoms with van der Waals surface area (Å²) in [6.45, 7) is 2.86. The second-order valence-electron chi connectivity index (χ2n) is 7.44. The van der Waals surface area contributed by atoms with E-state index in [9.17, 15) is 19.2 Å². The third-order valence-electron chi connectivity index (χ3n) is 5.53. The Hall–Kier alpha value is -1.74. The van der Waals surface area contributed by atoms with E-state index in [-0.39, 0.29) is 21.5 Å². The monoisotopic (exact) mass is 528 g/mol. The first-order valence-electron chi connectivity index (χ1n) is 9.34. The summed E-state index contributed by atoms with van der Waals surface area (Å²) in [5.41, 5.74) is 2.61. The topological polar surface area (TPSA) is 92.8 Å². The van der Waals surface area contributed by atoms with Crippen molar-refractivity contribution in [1.29, 1.82) is 0 Å². The first-order valence-corrected chi connectivity index (χ1v) is 11.2. The summed E-state index contributed by atoms with van der Waals surface area (Å²) in [4.78, 5) is 50.5. The molecule has 1 aromatic carbocycles. The zero-order valence-corrected chi connectivity index (χ0v) is 19.3. The second-order valence-corrected chi connectivity index (χ2v) is 9.79. The minimum absolute atomic E-state index is 0.0983. The van der Waals surface area contributed by atoms with Gasteiger partial charge in [0.15, 0.2) is 6.61 Å². The number of hydrogen-bond donors (Lipinski definition) is 1. The molecule has 2 fully saturated rings. The van der Waals surface area contributed by atoms with Gasteiger partial charge in [-0.05, 0) is 43.9 Å². The fourth-order valence-corrected chi connectivity index (χ4v) is 4.95. The van der Waals surface area contributed by atoms with Crippen LogP contribution in [0.2, 0.25) is 0 Å². The highest BCUT2D eigenvalue weighted by molar-refractivity contribution is 9.12. The maximum Gasteiger partial charge on any atom is 0.326 e. The van der Waals surface area contributed by atoms with Gasteiger partial charge in [0.05, 0.1) is 11.8 Å². The Kier molecular flexibility index (Phi) is 6.78. The number of esters is 1. The van der Waals surface area contributed by atoms with Crippen LogP contribution >= 0.6 is 31.9 Å². The van der Waals surface area contributed by atoms with Crippen LogP contribution in [0.25, 0.3) is 0 Å². The molecule has 7 nitrogen and oxygen atoms in total. The van der Waals surface area contributed by atoms with Crippen molar-refractivity contribution in [3.05, 3.63) is 29.3 Å². The Morgan fingerprint density at radius 3 is 2.28 bits per heavy atom. The minimum Gasteiger partial charge on any atom is -0.454 e. The zero-order valence-electron chi connectivity index (χ0n) is 16.1. The van der Waals surface area contributed by atoms with E-state index in [1.807, 2.05) is 26.0 Å². The number of carbonyl (C=O) groups excluding carboxylic acids is 4. The molecule has 0 radical (unpaired) electrons. The molecule has 1 saturated carbocycles. The SMILES string of the molecule is Cc1cccc(NC(=O)COC(=O)CN2C(=O)[C@@H]3C[C@@H](Br)[C@@H](Br)C[C@H]3C2=O)c1C. The normalized spacial score (nSPS) is 26.3. The summed E-state index contributed by atoms with van der Waals surface area (Å²) in [5.74, 6) is -2.79. The third kappa shape index (κ3) is 4.71. The fourth-order valence-electron chi connectivity index (χ4n) is 3.71. The number of anilines is 1. The lowest BCUT2D eigenvalue weighted by molar-refractivity contribution is -0.154. The van der Waals surface area contributed by atoms with E-state index in [2.05, 4.69) is 37.2 Å². The lowest BCUT2D eigenvalue weighted by Gasteiger charge is -2.29. The summed E-state index contributed by atoms with van der Waals surface area (Å²) in [6.07, 6.45) is 1.07. The lowest BCUT2D eigenvalue weighted by atomic mass is 9.81. The predicted molar refractivity (Wildman–Crippen MR) is 114 cm³/mol. The van der Waals surface area contributed by atoms with Crippen LogP contribution in [0.15, 0.2) is 18.2 Å². The van der Waals surface area contributed by atoms with Gasteiger partial charge in [0.25, 0.3) is 5.91 Å². The van der Waals surface area contributed by atoms with Crippen LogP contribution in [0.1, 0.15) is 24.0 Å². The molecule has 0 bridgehead atoms. The smallest absolute Gasteiger partial charge is 0.326 e. The molecular formula is C20H22Br2N2O5. The van der Waals surface area contributed by atoms with Crippen molar-refractivity contribution in [3.8, 4) is 0 Å². The van der Waals surface area contributed by atoms with Crippen molar-refractivity contribution >= 4 is 61.2 Å². The highest BCUT2D eigenvalue weighted by Crippen LogP contribution is 2.43. The fraction of sp³-hybridized carbons (Fsp3) is 0.500. The van der Waals surface area contributed by atoms with Gasteiger partial charge in [-0.1, -0.05) is 44.0 Å². The number of likely N-dealkylation sites (tertiary alicyclic amines) is 1. The first kappa shape index (κ1) is 22.0. The number of benzene rings is 1. The van der Waals surface area contributed by atoms with Crippen molar-refractivity contribution in [2.75, 3.05) is 18.5 Å². The molecule has 0 unspecified atom stereocenters. The number of nitrogens with zero attached hydrogens (tertiary/aromatic N) is 1. The third-order valence-corrected chi connectivity index (χ3v) is 8.27. The Labute approximate surface area is 185 Å². The van der Waals surface area contributed by atoms with Crippen LogP contribution in [0.5, 0.6) is 0 Å². The number of imide groups is 1. The van der Waals surface area contributed by atoms with Gasteiger partial charge in [-0.2, -0.15) is 0 Å². The van der Waals surface area contributed by atoms with Crippen molar-refractivity contribution < 1.29 is 23.9 Å². The molecule has 2 aliphatic rings. The van der Waals surface area contributed by atoms with E-state index in [1.54, 1.807) is 6.07 Å². The Morgan fingerprint density at radius 1 is 1.10 bits per heavy atom. The van der Waals surface area contributed by atoms with Gasteiger partial charge in [0.2, 0.25) is 11.8 Å². The average Bonchev–Trinajstić information content (AvgIpc) is 2.89. The van der Waals surface area contributed by atoms with Crippen LogP contribution in [-0.4, -0.2) is 51.4 Å². The van der Waals surface area contributed by atoms with Crippen LogP contribution in [0, 0.1) is 25.7 Å². The van der Waals surface area contributed by atoms with Gasteiger partial charge in [-0.15, -0.1) is 0 Å². The van der Waals surface area contributed by atoms with E-state index in [0.717, 1.165) is 16.0 Å². The van der Waals surface area contributed by atoms with Crippen LogP contribution < -0.4 is 5.32 Å².